The predicted octanol–water partition coefficient (Wildman–Crippen LogP) is 5.85. The Morgan fingerprint density at radius 2 is 0.800 bits per heavy atom. The molecule has 0 aromatic heterocycles. The van der Waals surface area contributed by atoms with Gasteiger partial charge in [-0.05, 0) is 23.3 Å². The molecule has 30 heavy (non-hydrogen) atoms. The zero-order chi connectivity index (χ0) is 20.5. The lowest BCUT2D eigenvalue weighted by molar-refractivity contribution is 0.0979. The van der Waals surface area contributed by atoms with Crippen molar-refractivity contribution in [2.24, 2.45) is 0 Å². The Morgan fingerprint density at radius 1 is 0.467 bits per heavy atom. The van der Waals surface area contributed by atoms with E-state index in [2.05, 4.69) is 24.3 Å². The summed E-state index contributed by atoms with van der Waals surface area (Å²) in [7, 11) is 0. The van der Waals surface area contributed by atoms with Crippen LogP contribution in [0.15, 0.2) is 97.1 Å². The maximum absolute atomic E-state index is 12.1. The van der Waals surface area contributed by atoms with E-state index >= 15 is 0 Å². The van der Waals surface area contributed by atoms with E-state index < -0.39 is 0 Å². The summed E-state index contributed by atoms with van der Waals surface area (Å²) in [4.78, 5) is 24.2. The van der Waals surface area contributed by atoms with Crippen molar-refractivity contribution in [1.82, 2.24) is 0 Å². The highest BCUT2D eigenvalue weighted by Gasteiger charge is 2.28. The van der Waals surface area contributed by atoms with Crippen molar-refractivity contribution in [2.75, 3.05) is 0 Å². The second-order valence-electron chi connectivity index (χ2n) is 7.24. The first-order valence-corrected chi connectivity index (χ1v) is 9.83. The van der Waals surface area contributed by atoms with Crippen LogP contribution in [0.4, 0.5) is 0 Å². The number of benzene rings is 4. The molecule has 6 rings (SSSR count). The van der Waals surface area contributed by atoms with Crippen LogP contribution in [-0.4, -0.2) is 11.6 Å². The van der Waals surface area contributed by atoms with Gasteiger partial charge in [0.05, 0.1) is 0 Å². The van der Waals surface area contributed by atoms with Gasteiger partial charge >= 0.3 is 0 Å². The number of para-hydroxylation sites is 2. The van der Waals surface area contributed by atoms with Crippen molar-refractivity contribution >= 4 is 11.6 Å². The van der Waals surface area contributed by atoms with Crippen LogP contribution in [0.2, 0.25) is 0 Å². The number of hydrogen-bond acceptors (Lipinski definition) is 3. The average Bonchev–Trinajstić information content (AvgIpc) is 2.81. The molecule has 0 atom stereocenters. The summed E-state index contributed by atoms with van der Waals surface area (Å²) in [5, 5.41) is 0. The highest BCUT2D eigenvalue weighted by molar-refractivity contribution is 6.28. The van der Waals surface area contributed by atoms with E-state index in [9.17, 15) is 9.59 Å². The van der Waals surface area contributed by atoms with Crippen molar-refractivity contribution in [3.05, 3.63) is 130 Å². The first-order valence-electron chi connectivity index (χ1n) is 9.83. The number of fused-ring (bicyclic) bond motifs is 4. The maximum Gasteiger partial charge on any atom is 0.194 e. The molecule has 0 spiro atoms. The summed E-state index contributed by atoms with van der Waals surface area (Å²) in [6, 6.07) is 30.3. The molecular weight excluding hydrogens is 372 g/mol. The van der Waals surface area contributed by atoms with Crippen LogP contribution in [0.3, 0.4) is 0 Å². The fraction of sp³-hybridized carbons (Fsp3) is 0.0370. The summed E-state index contributed by atoms with van der Waals surface area (Å²) >= 11 is 0. The molecule has 1 heterocycles. The van der Waals surface area contributed by atoms with E-state index in [-0.39, 0.29) is 11.6 Å². The van der Waals surface area contributed by atoms with Gasteiger partial charge in [0.2, 0.25) is 0 Å². The third kappa shape index (κ3) is 3.11. The number of hydrogen-bond donors (Lipinski definition) is 0. The number of carbonyl (C=O) groups excluding carboxylic acids is 2. The van der Waals surface area contributed by atoms with Gasteiger partial charge in [-0.15, -0.1) is 0 Å². The number of rotatable bonds is 0. The summed E-state index contributed by atoms with van der Waals surface area (Å²) in [5.74, 6) is 1.86. The lowest BCUT2D eigenvalue weighted by atomic mass is 9.84. The molecule has 0 saturated heterocycles. The van der Waals surface area contributed by atoms with Crippen molar-refractivity contribution in [2.45, 2.75) is 6.42 Å². The lowest BCUT2D eigenvalue weighted by Crippen LogP contribution is -2.20. The van der Waals surface area contributed by atoms with Crippen molar-refractivity contribution in [3.63, 3.8) is 0 Å². The van der Waals surface area contributed by atoms with E-state index in [1.165, 1.54) is 11.1 Å². The van der Waals surface area contributed by atoms with E-state index in [0.29, 0.717) is 22.3 Å². The minimum absolute atomic E-state index is 0.0641. The Hall–Kier alpha value is -3.98. The van der Waals surface area contributed by atoms with E-state index in [4.69, 9.17) is 4.74 Å². The molecule has 4 aromatic rings. The zero-order valence-electron chi connectivity index (χ0n) is 16.2. The molecule has 0 saturated carbocycles. The van der Waals surface area contributed by atoms with E-state index in [1.807, 2.05) is 24.3 Å². The monoisotopic (exact) mass is 390 g/mol. The zero-order valence-corrected chi connectivity index (χ0v) is 16.2. The summed E-state index contributed by atoms with van der Waals surface area (Å²) in [6.07, 6.45) is 0.979. The van der Waals surface area contributed by atoms with Crippen molar-refractivity contribution < 1.29 is 14.3 Å². The van der Waals surface area contributed by atoms with E-state index in [1.54, 1.807) is 48.5 Å². The largest absolute Gasteiger partial charge is 0.457 e. The molecule has 0 N–H and O–H groups in total. The SMILES string of the molecule is O=C1c2ccccc2C(=O)c2ccccc21.c1ccc2c(c1)Cc1ccccc1O2. The predicted molar refractivity (Wildman–Crippen MR) is 116 cm³/mol. The van der Waals surface area contributed by atoms with Crippen LogP contribution in [-0.2, 0) is 6.42 Å². The quantitative estimate of drug-likeness (QED) is 0.327. The van der Waals surface area contributed by atoms with Crippen LogP contribution < -0.4 is 4.74 Å². The second-order valence-corrected chi connectivity index (χ2v) is 7.24. The third-order valence-electron chi connectivity index (χ3n) is 5.38. The minimum Gasteiger partial charge on any atom is -0.457 e. The molecule has 0 amide bonds. The fourth-order valence-corrected chi connectivity index (χ4v) is 3.87. The van der Waals surface area contributed by atoms with Crippen LogP contribution in [0.25, 0.3) is 0 Å². The molecule has 0 radical (unpaired) electrons. The van der Waals surface area contributed by atoms with Gasteiger partial charge in [-0.1, -0.05) is 84.9 Å². The lowest BCUT2D eigenvalue weighted by Gasteiger charge is -2.19. The molecule has 144 valence electrons. The van der Waals surface area contributed by atoms with Crippen molar-refractivity contribution in [1.29, 1.82) is 0 Å². The van der Waals surface area contributed by atoms with Gasteiger partial charge < -0.3 is 4.74 Å². The molecule has 0 fully saturated rings. The smallest absolute Gasteiger partial charge is 0.194 e. The molecule has 0 bridgehead atoms. The Labute approximate surface area is 174 Å². The Kier molecular flexibility index (Phi) is 4.49. The highest BCUT2D eigenvalue weighted by atomic mass is 16.5. The number of carbonyl (C=O) groups is 2. The minimum atomic E-state index is -0.0641. The van der Waals surface area contributed by atoms with Gasteiger partial charge in [0.25, 0.3) is 0 Å². The van der Waals surface area contributed by atoms with Crippen LogP contribution in [0.5, 0.6) is 11.5 Å². The fourth-order valence-electron chi connectivity index (χ4n) is 3.87. The first-order chi connectivity index (χ1) is 14.7. The summed E-state index contributed by atoms with van der Waals surface area (Å²) in [5.41, 5.74) is 4.56. The Balaban J connectivity index is 0.000000130. The van der Waals surface area contributed by atoms with Gasteiger partial charge in [0.1, 0.15) is 11.5 Å². The maximum atomic E-state index is 12.1. The summed E-state index contributed by atoms with van der Waals surface area (Å²) < 4.78 is 5.78. The molecule has 0 unspecified atom stereocenters. The van der Waals surface area contributed by atoms with Gasteiger partial charge in [-0.2, -0.15) is 0 Å². The number of ketones is 2. The second kappa shape index (κ2) is 7.45. The average molecular weight is 390 g/mol. The Morgan fingerprint density at radius 3 is 1.20 bits per heavy atom. The molecule has 4 aromatic carbocycles. The van der Waals surface area contributed by atoms with Crippen molar-refractivity contribution in [3.8, 4) is 11.5 Å². The van der Waals surface area contributed by atoms with Crippen LogP contribution in [0, 0.1) is 0 Å². The molecule has 2 aliphatic rings. The molecular formula is C27H18O3. The molecule has 3 nitrogen and oxygen atoms in total. The number of ether oxygens (including phenoxy) is 1. The van der Waals surface area contributed by atoms with Gasteiger partial charge in [0, 0.05) is 28.7 Å². The molecule has 1 aliphatic heterocycles. The summed E-state index contributed by atoms with van der Waals surface area (Å²) in [6.45, 7) is 0. The molecule has 1 aliphatic carbocycles. The topological polar surface area (TPSA) is 43.4 Å². The van der Waals surface area contributed by atoms with Gasteiger partial charge in [-0.3, -0.25) is 9.59 Å². The van der Waals surface area contributed by atoms with E-state index in [0.717, 1.165) is 17.9 Å². The normalized spacial score (nSPS) is 12.9. The standard InChI is InChI=1S/C14H8O2.C13H10O/c15-13-9-5-1-2-6-10(9)14(16)12-8-4-3-7-11(12)13;1-3-7-12-10(5-1)9-11-6-2-4-8-13(11)14-12/h1-8H;1-8H,9H2. The van der Waals surface area contributed by atoms with Gasteiger partial charge in [-0.25, -0.2) is 0 Å². The Bertz CT molecular complexity index is 1090. The molecule has 3 heteroatoms. The van der Waals surface area contributed by atoms with Crippen LogP contribution >= 0.6 is 0 Å². The highest BCUT2D eigenvalue weighted by Crippen LogP contribution is 2.35. The van der Waals surface area contributed by atoms with Crippen LogP contribution in [0.1, 0.15) is 43.0 Å². The first kappa shape index (κ1) is 18.1. The van der Waals surface area contributed by atoms with Gasteiger partial charge in [0.15, 0.2) is 11.6 Å². The third-order valence-corrected chi connectivity index (χ3v) is 5.38.